The van der Waals surface area contributed by atoms with Gasteiger partial charge in [0.25, 0.3) is 0 Å². The van der Waals surface area contributed by atoms with Crippen LogP contribution >= 0.6 is 0 Å². The molecular weight excluding hydrogens is 224 g/mol. The van der Waals surface area contributed by atoms with E-state index in [2.05, 4.69) is 24.1 Å². The lowest BCUT2D eigenvalue weighted by Crippen LogP contribution is -2.39. The zero-order chi connectivity index (χ0) is 12.8. The first kappa shape index (κ1) is 14.3. The molecule has 0 aromatic rings. The van der Waals surface area contributed by atoms with Gasteiger partial charge in [0.1, 0.15) is 0 Å². The molecular formula is C15H30N2O. The predicted octanol–water partition coefficient (Wildman–Crippen LogP) is 2.41. The number of nitrogens with zero attached hydrogens (tertiary/aromatic N) is 1. The predicted molar refractivity (Wildman–Crippen MR) is 75.9 cm³/mol. The van der Waals surface area contributed by atoms with Crippen molar-refractivity contribution in [1.82, 2.24) is 10.2 Å². The molecule has 0 amide bonds. The molecule has 3 unspecified atom stereocenters. The van der Waals surface area contributed by atoms with Gasteiger partial charge in [-0.25, -0.2) is 0 Å². The third-order valence-corrected chi connectivity index (χ3v) is 4.43. The average Bonchev–Trinajstić information content (AvgIpc) is 2.77. The van der Waals surface area contributed by atoms with Crippen LogP contribution in [0.2, 0.25) is 0 Å². The highest BCUT2D eigenvalue weighted by molar-refractivity contribution is 4.74. The van der Waals surface area contributed by atoms with Gasteiger partial charge in [-0.3, -0.25) is 0 Å². The second kappa shape index (κ2) is 7.46. The molecule has 18 heavy (non-hydrogen) atoms. The number of hydrogen-bond donors (Lipinski definition) is 1. The van der Waals surface area contributed by atoms with Crippen molar-refractivity contribution in [3.63, 3.8) is 0 Å². The zero-order valence-electron chi connectivity index (χ0n) is 12.2. The Morgan fingerprint density at radius 3 is 2.78 bits per heavy atom. The van der Waals surface area contributed by atoms with Crippen molar-refractivity contribution in [2.24, 2.45) is 0 Å². The van der Waals surface area contributed by atoms with Crippen molar-refractivity contribution in [3.05, 3.63) is 0 Å². The fourth-order valence-electron chi connectivity index (χ4n) is 3.20. The molecule has 0 radical (unpaired) electrons. The summed E-state index contributed by atoms with van der Waals surface area (Å²) < 4.78 is 5.80. The number of nitrogens with one attached hydrogen (secondary N) is 1. The van der Waals surface area contributed by atoms with Crippen LogP contribution in [0.4, 0.5) is 0 Å². The Morgan fingerprint density at radius 2 is 2.06 bits per heavy atom. The minimum Gasteiger partial charge on any atom is -0.374 e. The minimum absolute atomic E-state index is 0.467. The number of hydrogen-bond acceptors (Lipinski definition) is 3. The molecule has 2 heterocycles. The first-order valence-electron chi connectivity index (χ1n) is 7.86. The van der Waals surface area contributed by atoms with Crippen LogP contribution < -0.4 is 5.32 Å². The van der Waals surface area contributed by atoms with E-state index in [1.807, 2.05) is 0 Å². The maximum absolute atomic E-state index is 5.80. The van der Waals surface area contributed by atoms with E-state index in [9.17, 15) is 0 Å². The Balaban J connectivity index is 1.48. The van der Waals surface area contributed by atoms with Crippen LogP contribution in [0.1, 0.15) is 52.4 Å². The maximum Gasteiger partial charge on any atom is 0.0704 e. The maximum atomic E-state index is 5.80. The number of piperidine rings is 1. The summed E-state index contributed by atoms with van der Waals surface area (Å²) in [5.41, 5.74) is 0. The molecule has 0 spiro atoms. The smallest absolute Gasteiger partial charge is 0.0704 e. The quantitative estimate of drug-likeness (QED) is 0.737. The van der Waals surface area contributed by atoms with Crippen LogP contribution in [-0.4, -0.2) is 49.3 Å². The summed E-state index contributed by atoms with van der Waals surface area (Å²) in [7, 11) is 0. The van der Waals surface area contributed by atoms with Crippen molar-refractivity contribution >= 4 is 0 Å². The highest BCUT2D eigenvalue weighted by Gasteiger charge is 2.21. The Hall–Kier alpha value is -0.120. The molecule has 106 valence electrons. The van der Waals surface area contributed by atoms with E-state index in [-0.39, 0.29) is 0 Å². The van der Waals surface area contributed by atoms with E-state index < -0.39 is 0 Å². The van der Waals surface area contributed by atoms with Crippen LogP contribution in [-0.2, 0) is 4.74 Å². The molecule has 3 nitrogen and oxygen atoms in total. The summed E-state index contributed by atoms with van der Waals surface area (Å²) in [6.45, 7) is 9.30. The summed E-state index contributed by atoms with van der Waals surface area (Å²) in [6.07, 6.45) is 8.89. The van der Waals surface area contributed by atoms with Crippen LogP contribution in [0.5, 0.6) is 0 Å². The topological polar surface area (TPSA) is 24.5 Å². The molecule has 0 bridgehead atoms. The molecule has 1 N–H and O–H groups in total. The highest BCUT2D eigenvalue weighted by Crippen LogP contribution is 2.18. The largest absolute Gasteiger partial charge is 0.374 e. The first-order valence-corrected chi connectivity index (χ1v) is 7.86. The van der Waals surface area contributed by atoms with Gasteiger partial charge in [0, 0.05) is 12.6 Å². The Morgan fingerprint density at radius 1 is 1.17 bits per heavy atom. The second-order valence-electron chi connectivity index (χ2n) is 6.08. The van der Waals surface area contributed by atoms with Gasteiger partial charge in [0.15, 0.2) is 0 Å². The summed E-state index contributed by atoms with van der Waals surface area (Å²) in [6, 6.07) is 0.803. The van der Waals surface area contributed by atoms with E-state index in [0.717, 1.165) is 19.1 Å². The van der Waals surface area contributed by atoms with Crippen molar-refractivity contribution in [1.29, 1.82) is 0 Å². The van der Waals surface area contributed by atoms with Gasteiger partial charge >= 0.3 is 0 Å². The van der Waals surface area contributed by atoms with Gasteiger partial charge in [-0.1, -0.05) is 6.42 Å². The summed E-state index contributed by atoms with van der Waals surface area (Å²) in [4.78, 5) is 2.65. The molecule has 3 heteroatoms. The Kier molecular flexibility index (Phi) is 5.93. The minimum atomic E-state index is 0.467. The van der Waals surface area contributed by atoms with Gasteiger partial charge in [0.05, 0.1) is 12.2 Å². The fourth-order valence-corrected chi connectivity index (χ4v) is 3.20. The van der Waals surface area contributed by atoms with Crippen molar-refractivity contribution in [2.45, 2.75) is 70.6 Å². The molecule has 0 aliphatic carbocycles. The first-order chi connectivity index (χ1) is 8.75. The van der Waals surface area contributed by atoms with Gasteiger partial charge < -0.3 is 15.0 Å². The van der Waals surface area contributed by atoms with Gasteiger partial charge in [-0.15, -0.1) is 0 Å². The van der Waals surface area contributed by atoms with E-state index in [1.54, 1.807) is 0 Å². The number of rotatable bonds is 6. The lowest BCUT2D eigenvalue weighted by Gasteiger charge is -2.33. The third kappa shape index (κ3) is 4.52. The van der Waals surface area contributed by atoms with Crippen LogP contribution in [0.25, 0.3) is 0 Å². The molecule has 0 saturated carbocycles. The highest BCUT2D eigenvalue weighted by atomic mass is 16.5. The Bertz CT molecular complexity index is 235. The van der Waals surface area contributed by atoms with Crippen LogP contribution in [0.15, 0.2) is 0 Å². The van der Waals surface area contributed by atoms with Gasteiger partial charge in [0.2, 0.25) is 0 Å². The molecule has 2 rings (SSSR count). The molecule has 2 fully saturated rings. The standard InChI is InChI=1S/C15H30N2O/c1-13-6-3-4-10-17(13)11-5-9-16-12-15-8-7-14(2)18-15/h13-16H,3-12H2,1-2H3. The lowest BCUT2D eigenvalue weighted by molar-refractivity contribution is 0.0558. The van der Waals surface area contributed by atoms with E-state index >= 15 is 0 Å². The molecule has 2 aliphatic heterocycles. The molecule has 0 aromatic carbocycles. The van der Waals surface area contributed by atoms with Crippen LogP contribution in [0, 0.1) is 0 Å². The number of ether oxygens (including phenoxy) is 1. The monoisotopic (exact) mass is 254 g/mol. The zero-order valence-corrected chi connectivity index (χ0v) is 12.2. The van der Waals surface area contributed by atoms with Gasteiger partial charge in [-0.2, -0.15) is 0 Å². The summed E-state index contributed by atoms with van der Waals surface area (Å²) >= 11 is 0. The van der Waals surface area contributed by atoms with Crippen molar-refractivity contribution in [2.75, 3.05) is 26.2 Å². The molecule has 2 saturated heterocycles. The van der Waals surface area contributed by atoms with Crippen molar-refractivity contribution in [3.8, 4) is 0 Å². The van der Waals surface area contributed by atoms with E-state index in [0.29, 0.717) is 12.2 Å². The van der Waals surface area contributed by atoms with E-state index in [1.165, 1.54) is 51.6 Å². The Labute approximate surface area is 112 Å². The molecule has 0 aromatic heterocycles. The average molecular weight is 254 g/mol. The third-order valence-electron chi connectivity index (χ3n) is 4.43. The lowest BCUT2D eigenvalue weighted by atomic mass is 10.0. The normalized spacial score (nSPS) is 34.0. The van der Waals surface area contributed by atoms with Crippen LogP contribution in [0.3, 0.4) is 0 Å². The summed E-state index contributed by atoms with van der Waals surface area (Å²) in [5.74, 6) is 0. The molecule has 2 aliphatic rings. The van der Waals surface area contributed by atoms with Crippen molar-refractivity contribution < 1.29 is 4.74 Å². The summed E-state index contributed by atoms with van der Waals surface area (Å²) in [5, 5.41) is 3.55. The molecule has 3 atom stereocenters. The fraction of sp³-hybridized carbons (Fsp3) is 1.00. The second-order valence-corrected chi connectivity index (χ2v) is 6.08. The van der Waals surface area contributed by atoms with Gasteiger partial charge in [-0.05, 0) is 65.6 Å². The number of likely N-dealkylation sites (tertiary alicyclic amines) is 1. The SMILES string of the molecule is CC1CCC(CNCCCN2CCCCC2C)O1. The van der Waals surface area contributed by atoms with E-state index in [4.69, 9.17) is 4.74 Å².